The van der Waals surface area contributed by atoms with E-state index in [1.165, 1.54) is 0 Å². The fourth-order valence-electron chi connectivity index (χ4n) is 1.18. The van der Waals surface area contributed by atoms with Crippen LogP contribution in [0.25, 0.3) is 11.3 Å². The van der Waals surface area contributed by atoms with Crippen LogP contribution >= 0.6 is 0 Å². The fourth-order valence-corrected chi connectivity index (χ4v) is 1.18. The van der Waals surface area contributed by atoms with Gasteiger partial charge in [0.25, 0.3) is 0 Å². The average molecular weight is 175 g/mol. The Morgan fingerprint density at radius 3 is 2.46 bits per heavy atom. The highest BCUT2D eigenvalue weighted by atomic mass is 16.4. The Labute approximate surface area is 75.4 Å². The molecule has 3 nitrogen and oxygen atoms in total. The molecule has 1 aromatic heterocycles. The summed E-state index contributed by atoms with van der Waals surface area (Å²) in [7, 11) is 0. The van der Waals surface area contributed by atoms with Gasteiger partial charge >= 0.3 is 0 Å². The Hall–Kier alpha value is -1.90. The zero-order chi connectivity index (χ0) is 9.26. The van der Waals surface area contributed by atoms with Gasteiger partial charge in [0.1, 0.15) is 11.5 Å². The van der Waals surface area contributed by atoms with Gasteiger partial charge in [-0.1, -0.05) is 12.1 Å². The Bertz CT molecular complexity index is 420. The SMILES string of the molecule is Nc1ccc(-c2ccccc2O)o1. The molecule has 0 atom stereocenters. The molecule has 0 saturated heterocycles. The van der Waals surface area contributed by atoms with Crippen LogP contribution in [0.1, 0.15) is 0 Å². The van der Waals surface area contributed by atoms with Crippen LogP contribution < -0.4 is 5.73 Å². The summed E-state index contributed by atoms with van der Waals surface area (Å²) in [6.45, 7) is 0. The van der Waals surface area contributed by atoms with Crippen molar-refractivity contribution in [2.24, 2.45) is 0 Å². The molecule has 0 aliphatic heterocycles. The molecule has 0 amide bonds. The second kappa shape index (κ2) is 2.86. The molecule has 3 heteroatoms. The lowest BCUT2D eigenvalue weighted by Gasteiger charge is -1.98. The summed E-state index contributed by atoms with van der Waals surface area (Å²) in [6, 6.07) is 10.3. The summed E-state index contributed by atoms with van der Waals surface area (Å²) in [5.74, 6) is 1.12. The maximum atomic E-state index is 9.47. The normalized spacial score (nSPS) is 10.2. The van der Waals surface area contributed by atoms with Gasteiger partial charge in [0.05, 0.1) is 5.56 Å². The number of aromatic hydroxyl groups is 1. The Kier molecular flexibility index (Phi) is 1.70. The Morgan fingerprint density at radius 1 is 1.08 bits per heavy atom. The number of furan rings is 1. The molecule has 0 fully saturated rings. The first kappa shape index (κ1) is 7.73. The molecule has 3 N–H and O–H groups in total. The van der Waals surface area contributed by atoms with Crippen molar-refractivity contribution < 1.29 is 9.52 Å². The number of hydrogen-bond donors (Lipinski definition) is 2. The van der Waals surface area contributed by atoms with Crippen molar-refractivity contribution >= 4 is 5.88 Å². The highest BCUT2D eigenvalue weighted by Crippen LogP contribution is 2.30. The van der Waals surface area contributed by atoms with Gasteiger partial charge in [0.2, 0.25) is 0 Å². The second-order valence-corrected chi connectivity index (χ2v) is 2.72. The fraction of sp³-hybridized carbons (Fsp3) is 0. The number of para-hydroxylation sites is 1. The van der Waals surface area contributed by atoms with E-state index < -0.39 is 0 Å². The third kappa shape index (κ3) is 1.36. The zero-order valence-electron chi connectivity index (χ0n) is 6.90. The minimum atomic E-state index is 0.192. The van der Waals surface area contributed by atoms with E-state index in [0.29, 0.717) is 17.2 Å². The number of nitrogens with two attached hydrogens (primary N) is 1. The number of rotatable bonds is 1. The van der Waals surface area contributed by atoms with Crippen molar-refractivity contribution in [3.05, 3.63) is 36.4 Å². The van der Waals surface area contributed by atoms with E-state index in [9.17, 15) is 5.11 Å². The van der Waals surface area contributed by atoms with Crippen LogP contribution in [0, 0.1) is 0 Å². The van der Waals surface area contributed by atoms with Crippen molar-refractivity contribution in [2.75, 3.05) is 5.73 Å². The molecular weight excluding hydrogens is 166 g/mol. The lowest BCUT2D eigenvalue weighted by atomic mass is 10.1. The van der Waals surface area contributed by atoms with E-state index in [4.69, 9.17) is 10.2 Å². The molecule has 0 aliphatic carbocycles. The second-order valence-electron chi connectivity index (χ2n) is 2.72. The van der Waals surface area contributed by atoms with Crippen molar-refractivity contribution in [1.29, 1.82) is 0 Å². The molecule has 0 bridgehead atoms. The standard InChI is InChI=1S/C10H9NO2/c11-10-6-5-9(13-10)7-3-1-2-4-8(7)12/h1-6,12H,11H2. The van der Waals surface area contributed by atoms with Crippen LogP contribution in [-0.4, -0.2) is 5.11 Å². The van der Waals surface area contributed by atoms with Gasteiger partial charge in [-0.25, -0.2) is 0 Å². The van der Waals surface area contributed by atoms with Crippen LogP contribution in [0.4, 0.5) is 5.88 Å². The molecule has 2 rings (SSSR count). The van der Waals surface area contributed by atoms with E-state index in [2.05, 4.69) is 0 Å². The molecular formula is C10H9NO2. The van der Waals surface area contributed by atoms with Gasteiger partial charge in [-0.15, -0.1) is 0 Å². The third-order valence-electron chi connectivity index (χ3n) is 1.80. The molecule has 13 heavy (non-hydrogen) atoms. The van der Waals surface area contributed by atoms with Crippen LogP contribution in [0.2, 0.25) is 0 Å². The van der Waals surface area contributed by atoms with Crippen molar-refractivity contribution in [3.63, 3.8) is 0 Å². The highest BCUT2D eigenvalue weighted by molar-refractivity contribution is 5.66. The van der Waals surface area contributed by atoms with E-state index >= 15 is 0 Å². The predicted molar refractivity (Wildman–Crippen MR) is 50.2 cm³/mol. The zero-order valence-corrected chi connectivity index (χ0v) is 6.90. The number of hydrogen-bond acceptors (Lipinski definition) is 3. The van der Waals surface area contributed by atoms with E-state index in [-0.39, 0.29) is 5.75 Å². The van der Waals surface area contributed by atoms with Gasteiger partial charge < -0.3 is 15.3 Å². The molecule has 0 aliphatic rings. The maximum Gasteiger partial charge on any atom is 0.190 e. The number of nitrogen functional groups attached to an aromatic ring is 1. The minimum Gasteiger partial charge on any atom is -0.507 e. The van der Waals surface area contributed by atoms with Crippen LogP contribution in [-0.2, 0) is 0 Å². The van der Waals surface area contributed by atoms with Gasteiger partial charge in [-0.2, -0.15) is 0 Å². The summed E-state index contributed by atoms with van der Waals surface area (Å²) in [4.78, 5) is 0. The summed E-state index contributed by atoms with van der Waals surface area (Å²) < 4.78 is 5.17. The first-order valence-corrected chi connectivity index (χ1v) is 3.91. The van der Waals surface area contributed by atoms with Crippen molar-refractivity contribution in [3.8, 4) is 17.1 Å². The van der Waals surface area contributed by atoms with Gasteiger partial charge in [0, 0.05) is 6.07 Å². The largest absolute Gasteiger partial charge is 0.507 e. The molecule has 0 saturated carbocycles. The molecule has 66 valence electrons. The Morgan fingerprint density at radius 2 is 1.85 bits per heavy atom. The van der Waals surface area contributed by atoms with Crippen molar-refractivity contribution in [2.45, 2.75) is 0 Å². The number of phenols is 1. The highest BCUT2D eigenvalue weighted by Gasteiger charge is 2.06. The Balaban J connectivity index is 2.52. The van der Waals surface area contributed by atoms with Crippen LogP contribution in [0.3, 0.4) is 0 Å². The topological polar surface area (TPSA) is 59.4 Å². The molecule has 0 spiro atoms. The summed E-state index contributed by atoms with van der Waals surface area (Å²) in [5, 5.41) is 9.47. The quantitative estimate of drug-likeness (QED) is 0.698. The molecule has 1 heterocycles. The lowest BCUT2D eigenvalue weighted by Crippen LogP contribution is -1.77. The minimum absolute atomic E-state index is 0.192. The smallest absolute Gasteiger partial charge is 0.190 e. The summed E-state index contributed by atoms with van der Waals surface area (Å²) in [6.07, 6.45) is 0. The van der Waals surface area contributed by atoms with E-state index in [1.54, 1.807) is 30.3 Å². The number of phenolic OH excluding ortho intramolecular Hbond substituents is 1. The first-order chi connectivity index (χ1) is 6.27. The number of anilines is 1. The monoisotopic (exact) mass is 175 g/mol. The predicted octanol–water partition coefficient (Wildman–Crippen LogP) is 2.23. The van der Waals surface area contributed by atoms with Gasteiger partial charge in [-0.05, 0) is 18.2 Å². The van der Waals surface area contributed by atoms with Gasteiger partial charge in [-0.3, -0.25) is 0 Å². The van der Waals surface area contributed by atoms with Crippen molar-refractivity contribution in [1.82, 2.24) is 0 Å². The number of benzene rings is 1. The third-order valence-corrected chi connectivity index (χ3v) is 1.80. The lowest BCUT2D eigenvalue weighted by molar-refractivity contribution is 0.474. The summed E-state index contributed by atoms with van der Waals surface area (Å²) >= 11 is 0. The van der Waals surface area contributed by atoms with Gasteiger partial charge in [0.15, 0.2) is 5.88 Å². The molecule has 0 unspecified atom stereocenters. The van der Waals surface area contributed by atoms with Crippen LogP contribution in [0.15, 0.2) is 40.8 Å². The summed E-state index contributed by atoms with van der Waals surface area (Å²) in [5.41, 5.74) is 6.07. The van der Waals surface area contributed by atoms with E-state index in [0.717, 1.165) is 0 Å². The average Bonchev–Trinajstić information content (AvgIpc) is 2.53. The maximum absolute atomic E-state index is 9.47. The first-order valence-electron chi connectivity index (χ1n) is 3.91. The molecule has 0 radical (unpaired) electrons. The molecule has 1 aromatic carbocycles. The van der Waals surface area contributed by atoms with Crippen LogP contribution in [0.5, 0.6) is 5.75 Å². The van der Waals surface area contributed by atoms with E-state index in [1.807, 2.05) is 6.07 Å². The molecule has 2 aromatic rings.